The van der Waals surface area contributed by atoms with Crippen LogP contribution in [0.2, 0.25) is 0 Å². The molecule has 194 valence electrons. The van der Waals surface area contributed by atoms with Crippen LogP contribution in [0.15, 0.2) is 42.5 Å². The second-order valence-electron chi connectivity index (χ2n) is 9.11. The number of likely N-dealkylation sites (tertiary alicyclic amines) is 1. The third-order valence-electron chi connectivity index (χ3n) is 5.95. The monoisotopic (exact) mass is 505 g/mol. The van der Waals surface area contributed by atoms with Gasteiger partial charge >= 0.3 is 12.2 Å². The lowest BCUT2D eigenvalue weighted by atomic mass is 10.0. The van der Waals surface area contributed by atoms with Crippen LogP contribution in [0.5, 0.6) is 0 Å². The van der Waals surface area contributed by atoms with Crippen molar-refractivity contribution in [1.29, 1.82) is 0 Å². The highest BCUT2D eigenvalue weighted by Crippen LogP contribution is 2.32. The Balaban J connectivity index is 1.52. The molecule has 1 aliphatic rings. The number of carbonyl (C=O) groups excluding carboxylic acids is 3. The van der Waals surface area contributed by atoms with Crippen molar-refractivity contribution in [2.45, 2.75) is 44.9 Å². The number of anilines is 1. The van der Waals surface area contributed by atoms with Gasteiger partial charge in [0.2, 0.25) is 5.91 Å². The second-order valence-corrected chi connectivity index (χ2v) is 9.11. The lowest BCUT2D eigenvalue weighted by molar-refractivity contribution is -0.137. The van der Waals surface area contributed by atoms with Crippen LogP contribution < -0.4 is 21.7 Å². The maximum atomic E-state index is 13.1. The first-order chi connectivity index (χ1) is 16.9. The van der Waals surface area contributed by atoms with Gasteiger partial charge < -0.3 is 21.7 Å². The largest absolute Gasteiger partial charge is 0.416 e. The molecule has 1 fully saturated rings. The molecule has 0 saturated carbocycles. The number of urea groups is 1. The summed E-state index contributed by atoms with van der Waals surface area (Å²) < 4.78 is 39.2. The number of carbonyl (C=O) groups is 3. The Labute approximate surface area is 207 Å². The smallest absolute Gasteiger partial charge is 0.351 e. The van der Waals surface area contributed by atoms with E-state index in [1.54, 1.807) is 0 Å². The topological polar surface area (TPSA) is 117 Å². The van der Waals surface area contributed by atoms with Crippen molar-refractivity contribution in [3.05, 3.63) is 64.7 Å². The number of rotatable bonds is 8. The molecular weight excluding hydrogens is 475 g/mol. The standard InChI is InChI=1S/C25H30F3N5O3/c1-15(2)17-5-3-16(4-6-17)13-33-10-9-19(14-33)31-22(34)12-30-23(35)20-11-18(25(26,27)28)7-8-21(20)32-24(29)36/h3-8,11,15,19H,9-10,12-14H2,1-2H3,(H,30,35)(H,31,34)(H3,29,32,36)/t19-/m1/s1. The molecule has 5 N–H and O–H groups in total. The molecule has 0 unspecified atom stereocenters. The average Bonchev–Trinajstić information content (AvgIpc) is 3.23. The number of hydrogen-bond donors (Lipinski definition) is 4. The Morgan fingerprint density at radius 3 is 2.42 bits per heavy atom. The molecule has 36 heavy (non-hydrogen) atoms. The molecule has 8 nitrogen and oxygen atoms in total. The molecule has 0 aromatic heterocycles. The molecule has 0 bridgehead atoms. The van der Waals surface area contributed by atoms with Gasteiger partial charge in [0.15, 0.2) is 0 Å². The average molecular weight is 506 g/mol. The van der Waals surface area contributed by atoms with E-state index in [1.807, 2.05) is 0 Å². The molecule has 2 aromatic carbocycles. The molecule has 3 rings (SSSR count). The second kappa shape index (κ2) is 11.4. The van der Waals surface area contributed by atoms with E-state index in [0.29, 0.717) is 18.5 Å². The van der Waals surface area contributed by atoms with Gasteiger partial charge in [-0.15, -0.1) is 0 Å². The number of hydrogen-bond acceptors (Lipinski definition) is 4. The highest BCUT2D eigenvalue weighted by atomic mass is 19.4. The van der Waals surface area contributed by atoms with Crippen molar-refractivity contribution < 1.29 is 27.6 Å². The van der Waals surface area contributed by atoms with Crippen LogP contribution in [0.3, 0.4) is 0 Å². The van der Waals surface area contributed by atoms with Crippen molar-refractivity contribution in [2.24, 2.45) is 5.73 Å². The van der Waals surface area contributed by atoms with E-state index in [0.717, 1.165) is 31.6 Å². The SMILES string of the molecule is CC(C)c1ccc(CN2CC[C@@H](NC(=O)CNC(=O)c3cc(C(F)(F)F)ccc3NC(N)=O)C2)cc1. The summed E-state index contributed by atoms with van der Waals surface area (Å²) in [6.45, 7) is 6.05. The zero-order valence-corrected chi connectivity index (χ0v) is 20.1. The Hall–Kier alpha value is -3.60. The van der Waals surface area contributed by atoms with Gasteiger partial charge in [-0.05, 0) is 41.7 Å². The lowest BCUT2D eigenvalue weighted by Gasteiger charge is -2.18. The summed E-state index contributed by atoms with van der Waals surface area (Å²) >= 11 is 0. The molecule has 1 saturated heterocycles. The summed E-state index contributed by atoms with van der Waals surface area (Å²) in [5.74, 6) is -0.948. The Kier molecular flexibility index (Phi) is 8.57. The summed E-state index contributed by atoms with van der Waals surface area (Å²) in [5, 5.41) is 7.27. The van der Waals surface area contributed by atoms with Gasteiger partial charge in [-0.1, -0.05) is 38.1 Å². The summed E-state index contributed by atoms with van der Waals surface area (Å²) in [7, 11) is 0. The maximum absolute atomic E-state index is 13.1. The third-order valence-corrected chi connectivity index (χ3v) is 5.95. The first kappa shape index (κ1) is 27.0. The third kappa shape index (κ3) is 7.45. The lowest BCUT2D eigenvalue weighted by Crippen LogP contribution is -2.43. The minimum atomic E-state index is -4.69. The predicted molar refractivity (Wildman–Crippen MR) is 129 cm³/mol. The first-order valence-electron chi connectivity index (χ1n) is 11.6. The molecule has 0 aliphatic carbocycles. The Morgan fingerprint density at radius 2 is 1.81 bits per heavy atom. The molecule has 0 spiro atoms. The van der Waals surface area contributed by atoms with E-state index in [4.69, 9.17) is 5.73 Å². The van der Waals surface area contributed by atoms with Crippen LogP contribution in [-0.4, -0.2) is 48.4 Å². The van der Waals surface area contributed by atoms with Crippen LogP contribution >= 0.6 is 0 Å². The van der Waals surface area contributed by atoms with Crippen LogP contribution in [0.4, 0.5) is 23.7 Å². The minimum Gasteiger partial charge on any atom is -0.351 e. The fourth-order valence-electron chi connectivity index (χ4n) is 4.04. The molecule has 1 atom stereocenters. The molecule has 4 amide bonds. The van der Waals surface area contributed by atoms with Crippen LogP contribution in [0, 0.1) is 0 Å². The molecule has 2 aromatic rings. The molecular formula is C25H30F3N5O3. The van der Waals surface area contributed by atoms with Crippen LogP contribution in [0.1, 0.15) is 53.2 Å². The molecule has 1 aliphatic heterocycles. The minimum absolute atomic E-state index is 0.106. The van der Waals surface area contributed by atoms with Crippen molar-refractivity contribution >= 4 is 23.5 Å². The zero-order valence-electron chi connectivity index (χ0n) is 20.1. The van der Waals surface area contributed by atoms with Crippen molar-refractivity contribution in [3.63, 3.8) is 0 Å². The number of halogens is 3. The highest BCUT2D eigenvalue weighted by molar-refractivity contribution is 6.04. The van der Waals surface area contributed by atoms with E-state index in [1.165, 1.54) is 11.1 Å². The quantitative estimate of drug-likeness (QED) is 0.440. The fraction of sp³-hybridized carbons (Fsp3) is 0.400. The number of benzene rings is 2. The molecule has 1 heterocycles. The summed E-state index contributed by atoms with van der Waals surface area (Å²) in [4.78, 5) is 38.3. The van der Waals surface area contributed by atoms with E-state index < -0.39 is 41.7 Å². The van der Waals surface area contributed by atoms with Crippen molar-refractivity contribution in [2.75, 3.05) is 25.0 Å². The van der Waals surface area contributed by atoms with Gasteiger partial charge in [0.1, 0.15) is 0 Å². The fourth-order valence-corrected chi connectivity index (χ4v) is 4.04. The Bertz CT molecular complexity index is 1100. The highest BCUT2D eigenvalue weighted by Gasteiger charge is 2.32. The van der Waals surface area contributed by atoms with Gasteiger partial charge in [-0.3, -0.25) is 14.5 Å². The van der Waals surface area contributed by atoms with Gasteiger partial charge in [-0.2, -0.15) is 13.2 Å². The first-order valence-corrected chi connectivity index (χ1v) is 11.6. The van der Waals surface area contributed by atoms with Crippen LogP contribution in [-0.2, 0) is 17.5 Å². The summed E-state index contributed by atoms with van der Waals surface area (Å²) in [5.41, 5.74) is 5.77. The van der Waals surface area contributed by atoms with Crippen molar-refractivity contribution in [1.82, 2.24) is 15.5 Å². The van der Waals surface area contributed by atoms with Crippen LogP contribution in [0.25, 0.3) is 0 Å². The molecule has 0 radical (unpaired) electrons. The van der Waals surface area contributed by atoms with E-state index in [-0.39, 0.29) is 11.7 Å². The Morgan fingerprint density at radius 1 is 1.11 bits per heavy atom. The number of alkyl halides is 3. The normalized spacial score (nSPS) is 16.1. The number of amides is 4. The molecule has 11 heteroatoms. The van der Waals surface area contributed by atoms with Gasteiger partial charge in [-0.25, -0.2) is 4.79 Å². The predicted octanol–water partition coefficient (Wildman–Crippen LogP) is 3.44. The van der Waals surface area contributed by atoms with Gasteiger partial charge in [0.05, 0.1) is 23.4 Å². The van der Waals surface area contributed by atoms with Crippen molar-refractivity contribution in [3.8, 4) is 0 Å². The number of nitrogens with zero attached hydrogens (tertiary/aromatic N) is 1. The number of nitrogens with one attached hydrogen (secondary N) is 3. The van der Waals surface area contributed by atoms with E-state index in [2.05, 4.69) is 59.0 Å². The summed E-state index contributed by atoms with van der Waals surface area (Å²) in [6.07, 6.45) is -3.95. The van der Waals surface area contributed by atoms with E-state index in [9.17, 15) is 27.6 Å². The maximum Gasteiger partial charge on any atom is 0.416 e. The zero-order chi connectivity index (χ0) is 26.5. The van der Waals surface area contributed by atoms with Gasteiger partial charge in [0.25, 0.3) is 5.91 Å². The summed E-state index contributed by atoms with van der Waals surface area (Å²) in [6, 6.07) is 9.55. The van der Waals surface area contributed by atoms with Gasteiger partial charge in [0, 0.05) is 25.7 Å². The van der Waals surface area contributed by atoms with E-state index >= 15 is 0 Å². The number of primary amides is 1. The number of nitrogens with two attached hydrogens (primary N) is 1.